The normalized spacial score (nSPS) is 10.6. The fourth-order valence-corrected chi connectivity index (χ4v) is 4.95. The van der Waals surface area contributed by atoms with E-state index >= 15 is 0 Å². The standard InChI is InChI=1S/C42H32N2O6/c43-29-15-1-3-17-31(29)45-33-19-5-7-21-35(33)47-37-23-9-11-25-39(37)49-41-27-13-14-28-42(41)50-40-26-12-10-24-38(40)48-36-22-8-6-20-34(36)46-32-18-4-2-16-30(32)44/h1-28H,43-44H2. The second-order valence-corrected chi connectivity index (χ2v) is 10.9. The summed E-state index contributed by atoms with van der Waals surface area (Å²) in [6.45, 7) is 0. The first kappa shape index (κ1) is 31.5. The van der Waals surface area contributed by atoms with Crippen LogP contribution in [0.15, 0.2) is 170 Å². The van der Waals surface area contributed by atoms with Crippen LogP contribution in [-0.2, 0) is 0 Å². The summed E-state index contributed by atoms with van der Waals surface area (Å²) < 4.78 is 37.8. The Kier molecular flexibility index (Phi) is 9.33. The summed E-state index contributed by atoms with van der Waals surface area (Å²) >= 11 is 0. The van der Waals surface area contributed by atoms with Gasteiger partial charge < -0.3 is 39.9 Å². The van der Waals surface area contributed by atoms with Crippen LogP contribution in [0.2, 0.25) is 0 Å². The monoisotopic (exact) mass is 660 g/mol. The lowest BCUT2D eigenvalue weighted by molar-refractivity contribution is 0.371. The van der Waals surface area contributed by atoms with Crippen LogP contribution in [0, 0.1) is 0 Å². The zero-order chi connectivity index (χ0) is 34.1. The van der Waals surface area contributed by atoms with E-state index in [0.29, 0.717) is 80.4 Å². The molecule has 0 saturated heterocycles. The van der Waals surface area contributed by atoms with E-state index in [1.807, 2.05) is 146 Å². The molecule has 50 heavy (non-hydrogen) atoms. The Balaban J connectivity index is 1.12. The summed E-state index contributed by atoms with van der Waals surface area (Å²) in [6.07, 6.45) is 0. The predicted molar refractivity (Wildman–Crippen MR) is 194 cm³/mol. The van der Waals surface area contributed by atoms with Crippen LogP contribution in [0.1, 0.15) is 0 Å². The Hall–Kier alpha value is -7.06. The molecule has 0 unspecified atom stereocenters. The molecule has 0 spiro atoms. The van der Waals surface area contributed by atoms with Crippen molar-refractivity contribution < 1.29 is 28.4 Å². The Labute approximate surface area is 289 Å². The molecule has 0 saturated carbocycles. The van der Waals surface area contributed by atoms with Crippen molar-refractivity contribution in [1.29, 1.82) is 0 Å². The fourth-order valence-electron chi connectivity index (χ4n) is 4.95. The molecule has 7 aromatic carbocycles. The van der Waals surface area contributed by atoms with Gasteiger partial charge in [-0.15, -0.1) is 0 Å². The molecule has 0 aromatic heterocycles. The van der Waals surface area contributed by atoms with E-state index in [1.165, 1.54) is 0 Å². The van der Waals surface area contributed by atoms with Crippen molar-refractivity contribution in [2.24, 2.45) is 0 Å². The summed E-state index contributed by atoms with van der Waals surface area (Å²) in [5, 5.41) is 0. The summed E-state index contributed by atoms with van der Waals surface area (Å²) in [5.41, 5.74) is 13.3. The number of ether oxygens (including phenoxy) is 6. The molecule has 0 amide bonds. The van der Waals surface area contributed by atoms with Gasteiger partial charge in [-0.25, -0.2) is 0 Å². The lowest BCUT2D eigenvalue weighted by atomic mass is 10.2. The molecule has 0 heterocycles. The first-order valence-corrected chi connectivity index (χ1v) is 15.8. The van der Waals surface area contributed by atoms with Gasteiger partial charge in [0.2, 0.25) is 0 Å². The molecule has 7 rings (SSSR count). The van der Waals surface area contributed by atoms with E-state index in [2.05, 4.69) is 0 Å². The SMILES string of the molecule is Nc1ccccc1Oc1ccccc1Oc1ccccc1Oc1ccccc1Oc1ccccc1Oc1ccccc1Oc1ccccc1N. The van der Waals surface area contributed by atoms with Gasteiger partial charge in [0.25, 0.3) is 0 Å². The van der Waals surface area contributed by atoms with Gasteiger partial charge in [-0.2, -0.15) is 0 Å². The molecular weight excluding hydrogens is 628 g/mol. The highest BCUT2D eigenvalue weighted by molar-refractivity contribution is 5.58. The molecule has 0 atom stereocenters. The minimum atomic E-state index is 0.461. The molecule has 246 valence electrons. The van der Waals surface area contributed by atoms with E-state index in [9.17, 15) is 0 Å². The Morgan fingerprint density at radius 3 is 0.520 bits per heavy atom. The maximum absolute atomic E-state index is 6.43. The average Bonchev–Trinajstić information content (AvgIpc) is 3.14. The lowest BCUT2D eigenvalue weighted by Gasteiger charge is -2.18. The Bertz CT molecular complexity index is 2080. The number of hydrogen-bond donors (Lipinski definition) is 2. The van der Waals surface area contributed by atoms with Crippen LogP contribution in [0.4, 0.5) is 11.4 Å². The van der Waals surface area contributed by atoms with Crippen molar-refractivity contribution in [3.8, 4) is 69.0 Å². The summed E-state index contributed by atoms with van der Waals surface area (Å²) in [5.74, 6) is 5.83. The molecule has 0 aliphatic heterocycles. The maximum Gasteiger partial charge on any atom is 0.170 e. The smallest absolute Gasteiger partial charge is 0.170 e. The number of nitrogens with two attached hydrogens (primary N) is 2. The number of anilines is 2. The molecule has 0 bridgehead atoms. The zero-order valence-electron chi connectivity index (χ0n) is 26.8. The van der Waals surface area contributed by atoms with Gasteiger partial charge >= 0.3 is 0 Å². The lowest BCUT2D eigenvalue weighted by Crippen LogP contribution is -1.96. The molecule has 4 N–H and O–H groups in total. The van der Waals surface area contributed by atoms with E-state index in [-0.39, 0.29) is 0 Å². The molecule has 0 fully saturated rings. The van der Waals surface area contributed by atoms with E-state index in [4.69, 9.17) is 39.9 Å². The number of para-hydroxylation sites is 14. The fraction of sp³-hybridized carbons (Fsp3) is 0. The van der Waals surface area contributed by atoms with Gasteiger partial charge in [0.1, 0.15) is 0 Å². The van der Waals surface area contributed by atoms with Crippen LogP contribution in [0.3, 0.4) is 0 Å². The minimum Gasteiger partial charge on any atom is -0.451 e. The van der Waals surface area contributed by atoms with E-state index in [0.717, 1.165) is 0 Å². The largest absolute Gasteiger partial charge is 0.451 e. The van der Waals surface area contributed by atoms with Crippen molar-refractivity contribution in [2.45, 2.75) is 0 Å². The molecule has 7 aromatic rings. The van der Waals surface area contributed by atoms with Crippen LogP contribution in [-0.4, -0.2) is 0 Å². The second-order valence-electron chi connectivity index (χ2n) is 10.9. The summed E-state index contributed by atoms with van der Waals surface area (Å²) in [7, 11) is 0. The first-order chi connectivity index (χ1) is 24.6. The first-order valence-electron chi connectivity index (χ1n) is 15.8. The molecule has 0 aliphatic rings. The summed E-state index contributed by atoms with van der Waals surface area (Å²) in [4.78, 5) is 0. The molecular formula is C42H32N2O6. The highest BCUT2D eigenvalue weighted by Gasteiger charge is 2.17. The molecule has 0 radical (unpaired) electrons. The Morgan fingerprint density at radius 1 is 0.200 bits per heavy atom. The van der Waals surface area contributed by atoms with Crippen molar-refractivity contribution in [3.63, 3.8) is 0 Å². The van der Waals surface area contributed by atoms with Crippen molar-refractivity contribution in [1.82, 2.24) is 0 Å². The zero-order valence-corrected chi connectivity index (χ0v) is 26.8. The molecule has 8 heteroatoms. The number of rotatable bonds is 12. The number of nitrogen functional groups attached to an aromatic ring is 2. The van der Waals surface area contributed by atoms with Crippen LogP contribution in [0.5, 0.6) is 69.0 Å². The van der Waals surface area contributed by atoms with Gasteiger partial charge in [-0.1, -0.05) is 84.9 Å². The van der Waals surface area contributed by atoms with Crippen molar-refractivity contribution in [3.05, 3.63) is 170 Å². The van der Waals surface area contributed by atoms with Crippen LogP contribution < -0.4 is 39.9 Å². The van der Waals surface area contributed by atoms with Gasteiger partial charge in [-0.3, -0.25) is 0 Å². The number of hydrogen-bond acceptors (Lipinski definition) is 8. The van der Waals surface area contributed by atoms with Crippen LogP contribution >= 0.6 is 0 Å². The Morgan fingerprint density at radius 2 is 0.340 bits per heavy atom. The minimum absolute atomic E-state index is 0.461. The molecule has 8 nitrogen and oxygen atoms in total. The van der Waals surface area contributed by atoms with Crippen LogP contribution in [0.25, 0.3) is 0 Å². The van der Waals surface area contributed by atoms with E-state index in [1.54, 1.807) is 24.3 Å². The van der Waals surface area contributed by atoms with Gasteiger partial charge in [-0.05, 0) is 84.9 Å². The van der Waals surface area contributed by atoms with E-state index < -0.39 is 0 Å². The second kappa shape index (κ2) is 14.8. The van der Waals surface area contributed by atoms with Crippen molar-refractivity contribution in [2.75, 3.05) is 11.5 Å². The maximum atomic E-state index is 6.43. The van der Waals surface area contributed by atoms with Gasteiger partial charge in [0.05, 0.1) is 11.4 Å². The van der Waals surface area contributed by atoms with Gasteiger partial charge in [0.15, 0.2) is 69.0 Å². The summed E-state index contributed by atoms with van der Waals surface area (Å²) in [6, 6.07) is 51.4. The van der Waals surface area contributed by atoms with Crippen molar-refractivity contribution >= 4 is 11.4 Å². The van der Waals surface area contributed by atoms with Gasteiger partial charge in [0, 0.05) is 0 Å². The highest BCUT2D eigenvalue weighted by atomic mass is 16.6. The third-order valence-corrected chi connectivity index (χ3v) is 7.40. The average molecular weight is 661 g/mol. The topological polar surface area (TPSA) is 107 Å². The highest BCUT2D eigenvalue weighted by Crippen LogP contribution is 2.45. The third-order valence-electron chi connectivity index (χ3n) is 7.40. The number of benzene rings is 7. The quantitative estimate of drug-likeness (QED) is 0.125. The predicted octanol–water partition coefficient (Wildman–Crippen LogP) is 11.6. The third kappa shape index (κ3) is 7.40. The molecule has 0 aliphatic carbocycles.